The van der Waals surface area contributed by atoms with E-state index >= 15 is 0 Å². The summed E-state index contributed by atoms with van der Waals surface area (Å²) in [5.41, 5.74) is 20.3. The summed E-state index contributed by atoms with van der Waals surface area (Å²) in [4.78, 5) is 13.7. The third-order valence-corrected chi connectivity index (χ3v) is 12.4. The normalized spacial score (nSPS) is 11.8. The fraction of sp³-hybridized carbons (Fsp3) is 0.0794. The Hall–Kier alpha value is -8.52. The van der Waals surface area contributed by atoms with Crippen molar-refractivity contribution in [2.24, 2.45) is 0 Å². The molecule has 3 heterocycles. The lowest BCUT2D eigenvalue weighted by atomic mass is 9.86. The zero-order chi connectivity index (χ0) is 47.9. The van der Waals surface area contributed by atoms with Crippen molar-refractivity contribution in [3.05, 3.63) is 258 Å². The molecular weight excluding hydrogens is 813 g/mol. The lowest BCUT2D eigenvalue weighted by molar-refractivity contribution is 0.931. The van der Waals surface area contributed by atoms with E-state index in [0.717, 1.165) is 98.3 Å². The first-order valence-corrected chi connectivity index (χ1v) is 22.7. The summed E-state index contributed by atoms with van der Waals surface area (Å²) in [5, 5.41) is 9.38. The number of aromatic nitrogens is 3. The Morgan fingerprint density at radius 1 is 0.373 bits per heavy atom. The number of pyridine rings is 3. The molecule has 0 aliphatic carbocycles. The Kier molecular flexibility index (Phi) is 11.4. The molecule has 7 aromatic carbocycles. The third-order valence-electron chi connectivity index (χ3n) is 12.4. The molecule has 0 saturated carbocycles. The van der Waals surface area contributed by atoms with Gasteiger partial charge in [0, 0.05) is 39.4 Å². The molecule has 0 aliphatic heterocycles. The first-order valence-electron chi connectivity index (χ1n) is 24.2. The van der Waals surface area contributed by atoms with E-state index in [4.69, 9.17) is 4.11 Å². The molecule has 0 aliphatic rings. The molecule has 0 spiro atoms. The Balaban J connectivity index is 1.02. The average molecular weight is 864 g/mol. The van der Waals surface area contributed by atoms with Gasteiger partial charge in [0.2, 0.25) is 0 Å². The Bertz CT molecular complexity index is 3310. The molecule has 0 N–H and O–H groups in total. The van der Waals surface area contributed by atoms with Gasteiger partial charge in [0.1, 0.15) is 0 Å². The number of rotatable bonds is 13. The monoisotopic (exact) mass is 863 g/mol. The lowest BCUT2D eigenvalue weighted by Gasteiger charge is -2.18. The van der Waals surface area contributed by atoms with Gasteiger partial charge in [-0.1, -0.05) is 158 Å². The van der Waals surface area contributed by atoms with Gasteiger partial charge in [0.25, 0.3) is 0 Å². The number of nitriles is 1. The fourth-order valence-electron chi connectivity index (χ4n) is 8.83. The molecule has 10 rings (SSSR count). The predicted molar refractivity (Wildman–Crippen MR) is 275 cm³/mol. The Labute approximate surface area is 397 Å². The average Bonchev–Trinajstić information content (AvgIpc) is 3.42. The summed E-state index contributed by atoms with van der Waals surface area (Å²) in [5.74, 6) is 0. The molecule has 0 fully saturated rings. The van der Waals surface area contributed by atoms with Crippen molar-refractivity contribution in [1.29, 1.82) is 5.26 Å². The molecule has 0 amide bonds. The van der Waals surface area contributed by atoms with E-state index in [9.17, 15) is 5.26 Å². The molecule has 0 saturated heterocycles. The summed E-state index contributed by atoms with van der Waals surface area (Å²) >= 11 is 0. The molecule has 0 bridgehead atoms. The molecule has 10 aromatic rings. The SMILES string of the molecule is [2H]C([2H])([2H])c1ccc(-c2ccc(-c3ccccc3-c3cc(CCc4ccc(-c5ccccn5)cc4)cc(CCc4ccc(-c5ccccn5)cc4)c3)c(-c3ccc(-c4ccc(C#N)cc4)cc3)c2)nc1. The van der Waals surface area contributed by atoms with Crippen LogP contribution in [0.5, 0.6) is 0 Å². The smallest absolute Gasteiger partial charge is 0.0991 e. The minimum atomic E-state index is -2.24. The van der Waals surface area contributed by atoms with Crippen LogP contribution in [-0.2, 0) is 25.7 Å². The minimum Gasteiger partial charge on any atom is -0.256 e. The van der Waals surface area contributed by atoms with Crippen molar-refractivity contribution in [3.63, 3.8) is 0 Å². The van der Waals surface area contributed by atoms with Crippen LogP contribution in [0.1, 0.15) is 37.5 Å². The molecule has 3 aromatic heterocycles. The van der Waals surface area contributed by atoms with Crippen molar-refractivity contribution in [2.75, 3.05) is 0 Å². The maximum atomic E-state index is 9.38. The van der Waals surface area contributed by atoms with E-state index in [1.54, 1.807) is 12.1 Å². The van der Waals surface area contributed by atoms with Crippen LogP contribution in [0.3, 0.4) is 0 Å². The minimum absolute atomic E-state index is 0.207. The van der Waals surface area contributed by atoms with Gasteiger partial charge in [-0.3, -0.25) is 15.0 Å². The highest BCUT2D eigenvalue weighted by Gasteiger charge is 2.16. The Morgan fingerprint density at radius 2 is 0.866 bits per heavy atom. The lowest BCUT2D eigenvalue weighted by Crippen LogP contribution is -1.98. The van der Waals surface area contributed by atoms with Crippen LogP contribution >= 0.6 is 0 Å². The van der Waals surface area contributed by atoms with E-state index in [2.05, 4.69) is 154 Å². The van der Waals surface area contributed by atoms with Crippen LogP contribution in [0.25, 0.3) is 78.3 Å². The summed E-state index contributed by atoms with van der Waals surface area (Å²) in [7, 11) is 0. The van der Waals surface area contributed by atoms with Crippen molar-refractivity contribution in [1.82, 2.24) is 15.0 Å². The van der Waals surface area contributed by atoms with Crippen molar-refractivity contribution in [2.45, 2.75) is 32.5 Å². The van der Waals surface area contributed by atoms with Gasteiger partial charge in [0.05, 0.1) is 28.7 Å². The van der Waals surface area contributed by atoms with E-state index in [1.807, 2.05) is 73.1 Å². The van der Waals surface area contributed by atoms with Gasteiger partial charge in [-0.25, -0.2) is 0 Å². The number of benzene rings is 7. The van der Waals surface area contributed by atoms with Gasteiger partial charge in [-0.2, -0.15) is 5.26 Å². The van der Waals surface area contributed by atoms with Crippen LogP contribution in [-0.4, -0.2) is 15.0 Å². The van der Waals surface area contributed by atoms with Crippen LogP contribution in [0.2, 0.25) is 0 Å². The first kappa shape index (κ1) is 38.9. The van der Waals surface area contributed by atoms with Gasteiger partial charge < -0.3 is 0 Å². The van der Waals surface area contributed by atoms with Crippen molar-refractivity contribution >= 4 is 0 Å². The van der Waals surface area contributed by atoms with E-state index in [0.29, 0.717) is 11.3 Å². The topological polar surface area (TPSA) is 62.5 Å². The number of nitrogens with zero attached hydrogens (tertiary/aromatic N) is 4. The molecule has 0 unspecified atom stereocenters. The second-order valence-electron chi connectivity index (χ2n) is 16.9. The molecule has 320 valence electrons. The molecule has 4 nitrogen and oxygen atoms in total. The molecular formula is C63H48N4. The Morgan fingerprint density at radius 3 is 1.40 bits per heavy atom. The summed E-state index contributed by atoms with van der Waals surface area (Å²) < 4.78 is 23.7. The zero-order valence-electron chi connectivity index (χ0n) is 40.0. The highest BCUT2D eigenvalue weighted by molar-refractivity contribution is 5.94. The molecule has 0 atom stereocenters. The van der Waals surface area contributed by atoms with Crippen LogP contribution < -0.4 is 0 Å². The van der Waals surface area contributed by atoms with E-state index in [-0.39, 0.29) is 5.56 Å². The van der Waals surface area contributed by atoms with Crippen molar-refractivity contribution in [3.8, 4) is 84.3 Å². The predicted octanol–water partition coefficient (Wildman–Crippen LogP) is 15.3. The van der Waals surface area contributed by atoms with Crippen molar-refractivity contribution < 1.29 is 4.11 Å². The second kappa shape index (κ2) is 19.7. The van der Waals surface area contributed by atoms with Crippen LogP contribution in [0, 0.1) is 18.2 Å². The highest BCUT2D eigenvalue weighted by Crippen LogP contribution is 2.41. The first-order chi connectivity index (χ1) is 34.2. The molecule has 67 heavy (non-hydrogen) atoms. The molecule has 0 radical (unpaired) electrons. The van der Waals surface area contributed by atoms with Gasteiger partial charge in [-0.15, -0.1) is 0 Å². The summed E-state index contributed by atoms with van der Waals surface area (Å²) in [6, 6.07) is 73.6. The summed E-state index contributed by atoms with van der Waals surface area (Å²) in [6.45, 7) is -2.24. The van der Waals surface area contributed by atoms with Gasteiger partial charge in [0.15, 0.2) is 0 Å². The quantitative estimate of drug-likeness (QED) is 0.116. The van der Waals surface area contributed by atoms with Crippen LogP contribution in [0.15, 0.2) is 225 Å². The van der Waals surface area contributed by atoms with E-state index in [1.165, 1.54) is 28.5 Å². The second-order valence-corrected chi connectivity index (χ2v) is 16.9. The zero-order valence-corrected chi connectivity index (χ0v) is 37.0. The van der Waals surface area contributed by atoms with Gasteiger partial charge >= 0.3 is 0 Å². The van der Waals surface area contributed by atoms with Gasteiger partial charge in [-0.05, 0) is 153 Å². The summed E-state index contributed by atoms with van der Waals surface area (Å²) in [6.07, 6.45) is 8.67. The highest BCUT2D eigenvalue weighted by atomic mass is 14.7. The van der Waals surface area contributed by atoms with E-state index < -0.39 is 6.85 Å². The number of hydrogen-bond acceptors (Lipinski definition) is 4. The maximum absolute atomic E-state index is 9.38. The number of aryl methyl sites for hydroxylation is 5. The molecule has 4 heteroatoms. The standard InChI is InChI=1S/C63H48N4/c1-44-12-35-63(67-43-44)55-33-34-59(60(41-55)52-31-29-51(30-32-52)50-23-21-47(42-64)22-24-50)58-9-3-2-8-57(58)56-39-48(15-13-45-17-25-53(26-18-45)61-10-4-6-36-65-61)38-49(40-56)16-14-46-19-27-54(28-20-46)62-11-5-7-37-66-62/h2-12,17-41,43H,13-16H2,1H3/i1D3. The number of hydrogen-bond donors (Lipinski definition) is 0. The largest absolute Gasteiger partial charge is 0.256 e. The fourth-order valence-corrected chi connectivity index (χ4v) is 8.83. The third kappa shape index (κ3) is 9.93. The van der Waals surface area contributed by atoms with Crippen LogP contribution in [0.4, 0.5) is 0 Å². The maximum Gasteiger partial charge on any atom is 0.0991 e.